The van der Waals surface area contributed by atoms with Gasteiger partial charge in [0.05, 0.1) is 6.04 Å². The lowest BCUT2D eigenvalue weighted by Gasteiger charge is -2.35. The minimum Gasteiger partial charge on any atom is -0.352 e. The summed E-state index contributed by atoms with van der Waals surface area (Å²) in [4.78, 5) is 14.1. The normalized spacial score (nSPS) is 28.8. The van der Waals surface area contributed by atoms with E-state index in [1.807, 2.05) is 6.92 Å². The summed E-state index contributed by atoms with van der Waals surface area (Å²) in [7, 11) is 2.13. The minimum absolute atomic E-state index is 0.0172. The van der Waals surface area contributed by atoms with Gasteiger partial charge in [-0.25, -0.2) is 0 Å². The zero-order valence-electron chi connectivity index (χ0n) is 10.7. The molecule has 0 radical (unpaired) electrons. The molecule has 1 rings (SSSR count). The smallest absolute Gasteiger partial charge is 0.237 e. The Morgan fingerprint density at radius 1 is 1.62 bits per heavy atom. The van der Waals surface area contributed by atoms with E-state index >= 15 is 0 Å². The van der Waals surface area contributed by atoms with Crippen LogP contribution >= 0.6 is 0 Å². The summed E-state index contributed by atoms with van der Waals surface area (Å²) in [6.45, 7) is 5.30. The number of piperidine rings is 1. The van der Waals surface area contributed by atoms with Crippen molar-refractivity contribution in [2.45, 2.75) is 57.7 Å². The Hall–Kier alpha value is -0.610. The second kappa shape index (κ2) is 6.21. The molecule has 1 saturated heterocycles. The second-order valence-electron chi connectivity index (χ2n) is 4.95. The lowest BCUT2D eigenvalue weighted by molar-refractivity contribution is -0.123. The van der Waals surface area contributed by atoms with Gasteiger partial charge in [0.25, 0.3) is 0 Å². The van der Waals surface area contributed by atoms with Crippen LogP contribution in [0.5, 0.6) is 0 Å². The van der Waals surface area contributed by atoms with Crippen molar-refractivity contribution in [1.82, 2.24) is 10.2 Å². The maximum Gasteiger partial charge on any atom is 0.237 e. The summed E-state index contributed by atoms with van der Waals surface area (Å²) in [5, 5.41) is 3.06. The van der Waals surface area contributed by atoms with Gasteiger partial charge in [-0.2, -0.15) is 0 Å². The van der Waals surface area contributed by atoms with Gasteiger partial charge in [-0.1, -0.05) is 13.3 Å². The van der Waals surface area contributed by atoms with Crippen LogP contribution < -0.4 is 11.1 Å². The highest BCUT2D eigenvalue weighted by molar-refractivity contribution is 5.81. The number of hydrogen-bond acceptors (Lipinski definition) is 3. The Morgan fingerprint density at radius 3 is 2.88 bits per heavy atom. The first-order valence-electron chi connectivity index (χ1n) is 6.30. The van der Waals surface area contributed by atoms with Gasteiger partial charge in [0.1, 0.15) is 0 Å². The van der Waals surface area contributed by atoms with E-state index in [2.05, 4.69) is 24.2 Å². The third-order valence-electron chi connectivity index (χ3n) is 3.49. The lowest BCUT2D eigenvalue weighted by Crippen LogP contribution is -2.51. The zero-order chi connectivity index (χ0) is 12.1. The Balaban J connectivity index is 2.34. The predicted molar refractivity (Wildman–Crippen MR) is 66.1 cm³/mol. The first-order chi connectivity index (χ1) is 7.54. The van der Waals surface area contributed by atoms with Crippen LogP contribution in [-0.2, 0) is 4.79 Å². The molecule has 1 aliphatic heterocycles. The van der Waals surface area contributed by atoms with Crippen molar-refractivity contribution in [3.63, 3.8) is 0 Å². The van der Waals surface area contributed by atoms with Crippen LogP contribution in [0.2, 0.25) is 0 Å². The maximum absolute atomic E-state index is 11.7. The number of nitrogens with two attached hydrogens (primary N) is 1. The van der Waals surface area contributed by atoms with Crippen LogP contribution in [-0.4, -0.2) is 42.5 Å². The van der Waals surface area contributed by atoms with Crippen molar-refractivity contribution >= 4 is 5.91 Å². The third-order valence-corrected chi connectivity index (χ3v) is 3.49. The quantitative estimate of drug-likeness (QED) is 0.744. The van der Waals surface area contributed by atoms with Gasteiger partial charge in [0.2, 0.25) is 5.91 Å². The van der Waals surface area contributed by atoms with Crippen LogP contribution in [0.15, 0.2) is 0 Å². The van der Waals surface area contributed by atoms with Gasteiger partial charge in [0, 0.05) is 18.6 Å². The van der Waals surface area contributed by atoms with Gasteiger partial charge in [-0.05, 0) is 33.2 Å². The number of nitrogens with zero attached hydrogens (tertiary/aromatic N) is 1. The highest BCUT2D eigenvalue weighted by Crippen LogP contribution is 2.15. The summed E-state index contributed by atoms with van der Waals surface area (Å²) in [5.74, 6) is 0.0172. The van der Waals surface area contributed by atoms with Crippen LogP contribution in [0.4, 0.5) is 0 Å². The molecule has 1 amide bonds. The molecule has 4 heteroatoms. The van der Waals surface area contributed by atoms with Gasteiger partial charge < -0.3 is 16.0 Å². The lowest BCUT2D eigenvalue weighted by atomic mass is 9.98. The minimum atomic E-state index is -0.333. The number of likely N-dealkylation sites (tertiary alicyclic amines) is 1. The van der Waals surface area contributed by atoms with Gasteiger partial charge in [0.15, 0.2) is 0 Å². The van der Waals surface area contributed by atoms with Crippen molar-refractivity contribution in [2.75, 3.05) is 13.6 Å². The van der Waals surface area contributed by atoms with Crippen molar-refractivity contribution in [2.24, 2.45) is 5.73 Å². The third kappa shape index (κ3) is 3.76. The van der Waals surface area contributed by atoms with E-state index in [9.17, 15) is 4.79 Å². The largest absolute Gasteiger partial charge is 0.352 e. The highest BCUT2D eigenvalue weighted by Gasteiger charge is 2.25. The van der Waals surface area contributed by atoms with Gasteiger partial charge in [-0.3, -0.25) is 4.79 Å². The monoisotopic (exact) mass is 227 g/mol. The standard InChI is InChI=1S/C12H25N3O/c1-4-5-11(13)12(16)14-10-6-7-15(3)9(2)8-10/h9-11H,4-8,13H2,1-3H3,(H,14,16)/t9?,10?,11-/m1/s1. The van der Waals surface area contributed by atoms with E-state index in [4.69, 9.17) is 5.73 Å². The molecular formula is C12H25N3O. The Bertz CT molecular complexity index is 232. The number of rotatable bonds is 4. The summed E-state index contributed by atoms with van der Waals surface area (Å²) in [6.07, 6.45) is 3.79. The molecule has 3 N–H and O–H groups in total. The van der Waals surface area contributed by atoms with Crippen LogP contribution in [0, 0.1) is 0 Å². The average Bonchev–Trinajstić information content (AvgIpc) is 2.24. The van der Waals surface area contributed by atoms with Crippen LogP contribution in [0.3, 0.4) is 0 Å². The van der Waals surface area contributed by atoms with Crippen LogP contribution in [0.25, 0.3) is 0 Å². The molecule has 4 nitrogen and oxygen atoms in total. The first-order valence-corrected chi connectivity index (χ1v) is 6.30. The maximum atomic E-state index is 11.7. The fraction of sp³-hybridized carbons (Fsp3) is 0.917. The molecule has 16 heavy (non-hydrogen) atoms. The number of amides is 1. The molecule has 0 aromatic carbocycles. The van der Waals surface area contributed by atoms with Crippen molar-refractivity contribution in [3.05, 3.63) is 0 Å². The SMILES string of the molecule is CCC[C@@H](N)C(=O)NC1CCN(C)C(C)C1. The van der Waals surface area contributed by atoms with E-state index in [1.165, 1.54) is 0 Å². The second-order valence-corrected chi connectivity index (χ2v) is 4.95. The molecule has 0 aliphatic carbocycles. The summed E-state index contributed by atoms with van der Waals surface area (Å²) in [5.41, 5.74) is 5.78. The fourth-order valence-electron chi connectivity index (χ4n) is 2.17. The molecule has 2 unspecified atom stereocenters. The fourth-order valence-corrected chi connectivity index (χ4v) is 2.17. The molecule has 3 atom stereocenters. The highest BCUT2D eigenvalue weighted by atomic mass is 16.2. The number of hydrogen-bond donors (Lipinski definition) is 2. The van der Waals surface area contributed by atoms with Gasteiger partial charge in [-0.15, -0.1) is 0 Å². The Morgan fingerprint density at radius 2 is 2.31 bits per heavy atom. The molecule has 0 bridgehead atoms. The van der Waals surface area contributed by atoms with E-state index in [1.54, 1.807) is 0 Å². The van der Waals surface area contributed by atoms with Crippen LogP contribution in [0.1, 0.15) is 39.5 Å². The average molecular weight is 227 g/mol. The van der Waals surface area contributed by atoms with Crippen molar-refractivity contribution < 1.29 is 4.79 Å². The topological polar surface area (TPSA) is 58.4 Å². The van der Waals surface area contributed by atoms with E-state index in [0.717, 1.165) is 32.2 Å². The predicted octanol–water partition coefficient (Wildman–Crippen LogP) is 0.713. The van der Waals surface area contributed by atoms with E-state index in [-0.39, 0.29) is 11.9 Å². The van der Waals surface area contributed by atoms with Crippen molar-refractivity contribution in [3.8, 4) is 0 Å². The Labute approximate surface area is 98.6 Å². The molecule has 0 aromatic rings. The molecular weight excluding hydrogens is 202 g/mol. The Kier molecular flexibility index (Phi) is 5.22. The number of carbonyl (C=O) groups excluding carboxylic acids is 1. The molecule has 1 aliphatic rings. The van der Waals surface area contributed by atoms with Crippen molar-refractivity contribution in [1.29, 1.82) is 0 Å². The number of nitrogens with one attached hydrogen (secondary N) is 1. The molecule has 0 saturated carbocycles. The van der Waals surface area contributed by atoms with E-state index < -0.39 is 0 Å². The first kappa shape index (κ1) is 13.5. The molecule has 94 valence electrons. The summed E-state index contributed by atoms with van der Waals surface area (Å²) < 4.78 is 0. The van der Waals surface area contributed by atoms with E-state index in [0.29, 0.717) is 12.1 Å². The molecule has 0 spiro atoms. The summed E-state index contributed by atoms with van der Waals surface area (Å²) in [6, 6.07) is 0.517. The zero-order valence-corrected chi connectivity index (χ0v) is 10.7. The summed E-state index contributed by atoms with van der Waals surface area (Å²) >= 11 is 0. The molecule has 1 heterocycles. The molecule has 0 aromatic heterocycles. The molecule has 1 fully saturated rings. The number of carbonyl (C=O) groups is 1. The van der Waals surface area contributed by atoms with Gasteiger partial charge >= 0.3 is 0 Å².